The van der Waals surface area contributed by atoms with Gasteiger partial charge in [-0.1, -0.05) is 0 Å². The van der Waals surface area contributed by atoms with Gasteiger partial charge in [0.1, 0.15) is 0 Å². The molecule has 2 saturated carbocycles. The molecule has 1 aromatic carbocycles. The average Bonchev–Trinajstić information content (AvgIpc) is 3.21. The number of rotatable bonds is 3. The minimum atomic E-state index is -0.398. The first-order chi connectivity index (χ1) is 11.5. The Morgan fingerprint density at radius 3 is 2.08 bits per heavy atom. The van der Waals surface area contributed by atoms with Crippen LogP contribution in [0.15, 0.2) is 24.3 Å². The van der Waals surface area contributed by atoms with Crippen LogP contribution >= 0.6 is 0 Å². The summed E-state index contributed by atoms with van der Waals surface area (Å²) in [6.45, 7) is 3.59. The fourth-order valence-corrected chi connectivity index (χ4v) is 4.69. The summed E-state index contributed by atoms with van der Waals surface area (Å²) in [4.78, 5) is 38.8. The quantitative estimate of drug-likeness (QED) is 0.632. The topological polar surface area (TPSA) is 63.7 Å². The number of hydrogen-bond donors (Lipinski definition) is 0. The molecule has 2 aliphatic carbocycles. The number of imide groups is 1. The molecule has 5 nitrogen and oxygen atoms in total. The zero-order valence-electron chi connectivity index (χ0n) is 13.9. The molecule has 0 N–H and O–H groups in total. The number of carbonyl (C=O) groups is 3. The Morgan fingerprint density at radius 2 is 1.58 bits per heavy atom. The van der Waals surface area contributed by atoms with Crippen LogP contribution in [0.2, 0.25) is 0 Å². The minimum Gasteiger partial charge on any atom is -0.459 e. The molecule has 0 aromatic heterocycles. The number of anilines is 1. The van der Waals surface area contributed by atoms with E-state index in [1.807, 2.05) is 0 Å². The molecule has 0 unspecified atom stereocenters. The van der Waals surface area contributed by atoms with Gasteiger partial charge >= 0.3 is 5.97 Å². The van der Waals surface area contributed by atoms with Crippen molar-refractivity contribution in [3.63, 3.8) is 0 Å². The number of carbonyl (C=O) groups excluding carboxylic acids is 3. The molecular weight excluding hydrogens is 306 g/mol. The van der Waals surface area contributed by atoms with Gasteiger partial charge in [0.05, 0.1) is 29.2 Å². The van der Waals surface area contributed by atoms with Gasteiger partial charge in [-0.15, -0.1) is 0 Å². The Hall–Kier alpha value is -2.17. The summed E-state index contributed by atoms with van der Waals surface area (Å²) >= 11 is 0. The van der Waals surface area contributed by atoms with Crippen molar-refractivity contribution >= 4 is 23.5 Å². The van der Waals surface area contributed by atoms with E-state index in [0.29, 0.717) is 23.1 Å². The van der Waals surface area contributed by atoms with Crippen molar-refractivity contribution in [1.82, 2.24) is 0 Å². The van der Waals surface area contributed by atoms with Gasteiger partial charge in [0.25, 0.3) is 0 Å². The molecule has 1 aliphatic heterocycles. The van der Waals surface area contributed by atoms with Crippen LogP contribution in [-0.2, 0) is 14.3 Å². The van der Waals surface area contributed by atoms with Crippen LogP contribution in [0.4, 0.5) is 5.69 Å². The Bertz CT molecular complexity index is 681. The van der Waals surface area contributed by atoms with Crippen LogP contribution in [-0.4, -0.2) is 23.9 Å². The van der Waals surface area contributed by atoms with Gasteiger partial charge in [0.2, 0.25) is 11.8 Å². The van der Waals surface area contributed by atoms with E-state index in [9.17, 15) is 14.4 Å². The molecule has 5 heteroatoms. The highest BCUT2D eigenvalue weighted by molar-refractivity contribution is 6.22. The number of hydrogen-bond acceptors (Lipinski definition) is 4. The molecule has 1 heterocycles. The van der Waals surface area contributed by atoms with Gasteiger partial charge in [0.15, 0.2) is 0 Å². The maximum Gasteiger partial charge on any atom is 0.338 e. The Balaban J connectivity index is 1.57. The van der Waals surface area contributed by atoms with Gasteiger partial charge in [0, 0.05) is 0 Å². The van der Waals surface area contributed by atoms with E-state index in [0.717, 1.165) is 19.3 Å². The van der Waals surface area contributed by atoms with Crippen LogP contribution < -0.4 is 4.90 Å². The smallest absolute Gasteiger partial charge is 0.338 e. The number of ether oxygens (including phenoxy) is 1. The second-order valence-corrected chi connectivity index (χ2v) is 7.40. The lowest BCUT2D eigenvalue weighted by atomic mass is 9.81. The standard InChI is InChI=1S/C19H21NO4/c1-10(2)24-19(23)11-5-7-14(8-6-11)20-17(21)15-12-3-4-13(9-12)16(15)18(20)22/h5-8,10,12-13,15-16H,3-4,9H2,1-2H3/t12-,13-,15-,16-/m0/s1. The van der Waals surface area contributed by atoms with Crippen LogP contribution in [0.25, 0.3) is 0 Å². The van der Waals surface area contributed by atoms with E-state index in [1.165, 1.54) is 4.90 Å². The summed E-state index contributed by atoms with van der Waals surface area (Å²) in [6.07, 6.45) is 2.98. The third kappa shape index (κ3) is 2.18. The highest BCUT2D eigenvalue weighted by Gasteiger charge is 2.61. The van der Waals surface area contributed by atoms with Crippen LogP contribution in [0.3, 0.4) is 0 Å². The molecule has 2 bridgehead atoms. The van der Waals surface area contributed by atoms with E-state index in [-0.39, 0.29) is 29.8 Å². The number of esters is 1. The van der Waals surface area contributed by atoms with Crippen molar-refractivity contribution in [1.29, 1.82) is 0 Å². The summed E-state index contributed by atoms with van der Waals surface area (Å²) in [5.74, 6) is -0.0119. The maximum atomic E-state index is 12.8. The van der Waals surface area contributed by atoms with E-state index in [2.05, 4.69) is 0 Å². The molecule has 0 spiro atoms. The third-order valence-electron chi connectivity index (χ3n) is 5.63. The van der Waals surface area contributed by atoms with Crippen LogP contribution in [0, 0.1) is 23.7 Å². The second kappa shape index (κ2) is 5.43. The Kier molecular flexibility index (Phi) is 3.48. The molecule has 4 atom stereocenters. The summed E-state index contributed by atoms with van der Waals surface area (Å²) in [5, 5.41) is 0. The molecule has 3 aliphatic rings. The fraction of sp³-hybridized carbons (Fsp3) is 0.526. The molecular formula is C19H21NO4. The molecule has 1 aromatic rings. The van der Waals surface area contributed by atoms with Gasteiger partial charge in [-0.25, -0.2) is 4.79 Å². The summed E-state index contributed by atoms with van der Waals surface area (Å²) in [6, 6.07) is 6.55. The first-order valence-electron chi connectivity index (χ1n) is 8.66. The van der Waals surface area contributed by atoms with Crippen LogP contribution in [0.1, 0.15) is 43.5 Å². The highest BCUT2D eigenvalue weighted by atomic mass is 16.5. The van der Waals surface area contributed by atoms with E-state index >= 15 is 0 Å². The molecule has 126 valence electrons. The van der Waals surface area contributed by atoms with Gasteiger partial charge < -0.3 is 4.74 Å². The number of nitrogens with zero attached hydrogens (tertiary/aromatic N) is 1. The summed E-state index contributed by atoms with van der Waals surface area (Å²) in [7, 11) is 0. The normalized spacial score (nSPS) is 31.0. The monoisotopic (exact) mass is 327 g/mol. The zero-order chi connectivity index (χ0) is 17.0. The van der Waals surface area contributed by atoms with Crippen molar-refractivity contribution in [2.75, 3.05) is 4.90 Å². The molecule has 1 saturated heterocycles. The Labute approximate surface area is 141 Å². The molecule has 2 amide bonds. The largest absolute Gasteiger partial charge is 0.459 e. The van der Waals surface area contributed by atoms with Crippen molar-refractivity contribution in [2.24, 2.45) is 23.7 Å². The second-order valence-electron chi connectivity index (χ2n) is 7.40. The van der Waals surface area contributed by atoms with Crippen molar-refractivity contribution in [2.45, 2.75) is 39.2 Å². The van der Waals surface area contributed by atoms with Gasteiger partial charge in [-0.2, -0.15) is 0 Å². The molecule has 3 fully saturated rings. The van der Waals surface area contributed by atoms with Crippen molar-refractivity contribution in [3.05, 3.63) is 29.8 Å². The van der Waals surface area contributed by atoms with Crippen molar-refractivity contribution in [3.8, 4) is 0 Å². The molecule has 0 radical (unpaired) electrons. The molecule has 24 heavy (non-hydrogen) atoms. The highest BCUT2D eigenvalue weighted by Crippen LogP contribution is 2.56. The Morgan fingerprint density at radius 1 is 1.04 bits per heavy atom. The SMILES string of the molecule is CC(C)OC(=O)c1ccc(N2C(=O)[C@H]3[C@H]4CC[C@@H](C4)[C@@H]3C2=O)cc1. The lowest BCUT2D eigenvalue weighted by molar-refractivity contribution is -0.123. The van der Waals surface area contributed by atoms with E-state index < -0.39 is 5.97 Å². The summed E-state index contributed by atoms with van der Waals surface area (Å²) in [5.41, 5.74) is 0.978. The first-order valence-corrected chi connectivity index (χ1v) is 8.66. The van der Waals surface area contributed by atoms with Crippen LogP contribution in [0.5, 0.6) is 0 Å². The van der Waals surface area contributed by atoms with Gasteiger partial charge in [-0.05, 0) is 69.2 Å². The number of fused-ring (bicyclic) bond motifs is 5. The first kappa shape index (κ1) is 15.4. The van der Waals surface area contributed by atoms with E-state index in [4.69, 9.17) is 4.74 Å². The van der Waals surface area contributed by atoms with E-state index in [1.54, 1.807) is 38.1 Å². The molecule has 4 rings (SSSR count). The van der Waals surface area contributed by atoms with Crippen molar-refractivity contribution < 1.29 is 19.1 Å². The third-order valence-corrected chi connectivity index (χ3v) is 5.63. The zero-order valence-corrected chi connectivity index (χ0v) is 13.9. The number of benzene rings is 1. The predicted molar refractivity (Wildman–Crippen MR) is 87.3 cm³/mol. The summed E-state index contributed by atoms with van der Waals surface area (Å²) < 4.78 is 5.15. The minimum absolute atomic E-state index is 0.0605. The lowest BCUT2D eigenvalue weighted by Gasteiger charge is -2.19. The fourth-order valence-electron chi connectivity index (χ4n) is 4.69. The maximum absolute atomic E-state index is 12.8. The average molecular weight is 327 g/mol. The lowest BCUT2D eigenvalue weighted by Crippen LogP contribution is -2.32. The number of amides is 2. The van der Waals surface area contributed by atoms with Gasteiger partial charge in [-0.3, -0.25) is 14.5 Å². The predicted octanol–water partition coefficient (Wildman–Crippen LogP) is 2.79.